The lowest BCUT2D eigenvalue weighted by molar-refractivity contribution is -0.141. The van der Waals surface area contributed by atoms with Crippen LogP contribution >= 0.6 is 0 Å². The monoisotopic (exact) mass is 256 g/mol. The van der Waals surface area contributed by atoms with Gasteiger partial charge in [0.05, 0.1) is 17.6 Å². The number of hydrogen-bond donors (Lipinski definition) is 1. The van der Waals surface area contributed by atoms with Gasteiger partial charge in [0.15, 0.2) is 11.3 Å². The zero-order chi connectivity index (χ0) is 12.9. The number of anilines is 1. The Morgan fingerprint density at radius 1 is 1.33 bits per heavy atom. The van der Waals surface area contributed by atoms with Crippen LogP contribution in [-0.2, 0) is 6.18 Å². The van der Waals surface area contributed by atoms with Gasteiger partial charge in [-0.1, -0.05) is 6.42 Å². The summed E-state index contributed by atoms with van der Waals surface area (Å²) in [5.74, 6) is 0.191. The quantitative estimate of drug-likeness (QED) is 0.853. The van der Waals surface area contributed by atoms with Crippen molar-refractivity contribution in [2.45, 2.75) is 31.4 Å². The highest BCUT2D eigenvalue weighted by Crippen LogP contribution is 2.39. The van der Waals surface area contributed by atoms with E-state index >= 15 is 0 Å². The topological polar surface area (TPSA) is 56.2 Å². The number of nitrogens with zero attached hydrogens (tertiary/aromatic N) is 3. The van der Waals surface area contributed by atoms with Crippen LogP contribution in [-0.4, -0.2) is 14.6 Å². The molecule has 4 nitrogen and oxygen atoms in total. The van der Waals surface area contributed by atoms with Crippen molar-refractivity contribution in [3.05, 3.63) is 23.7 Å². The minimum absolute atomic E-state index is 0.191. The molecule has 1 fully saturated rings. The average Bonchev–Trinajstić information content (AvgIpc) is 2.62. The molecule has 0 atom stereocenters. The summed E-state index contributed by atoms with van der Waals surface area (Å²) < 4.78 is 39.1. The first-order valence-corrected chi connectivity index (χ1v) is 5.68. The second kappa shape index (κ2) is 3.60. The molecule has 0 spiro atoms. The molecule has 0 aliphatic heterocycles. The summed E-state index contributed by atoms with van der Waals surface area (Å²) >= 11 is 0. The standard InChI is InChI=1S/C11H11F3N4/c12-11(13,14)8-4-9-16-5-7(15)10(18(9)17-8)6-2-1-3-6/h4-6H,1-3,15H2. The number of alkyl halides is 3. The molecule has 0 aromatic carbocycles. The molecule has 0 unspecified atom stereocenters. The maximum atomic E-state index is 12.6. The maximum Gasteiger partial charge on any atom is 0.435 e. The van der Waals surface area contributed by atoms with Gasteiger partial charge in [0.1, 0.15) is 0 Å². The van der Waals surface area contributed by atoms with Gasteiger partial charge in [0.2, 0.25) is 0 Å². The van der Waals surface area contributed by atoms with E-state index in [9.17, 15) is 13.2 Å². The van der Waals surface area contributed by atoms with Crippen molar-refractivity contribution in [2.24, 2.45) is 0 Å². The number of hydrogen-bond acceptors (Lipinski definition) is 3. The van der Waals surface area contributed by atoms with Gasteiger partial charge in [-0.05, 0) is 12.8 Å². The van der Waals surface area contributed by atoms with E-state index in [-0.39, 0.29) is 11.6 Å². The molecule has 7 heteroatoms. The van der Waals surface area contributed by atoms with Crippen LogP contribution in [0.4, 0.5) is 18.9 Å². The number of aromatic nitrogens is 3. The molecule has 0 bridgehead atoms. The Kier molecular flexibility index (Phi) is 2.26. The summed E-state index contributed by atoms with van der Waals surface area (Å²) in [4.78, 5) is 3.89. The van der Waals surface area contributed by atoms with Gasteiger partial charge < -0.3 is 5.73 Å². The molecule has 0 radical (unpaired) electrons. The Morgan fingerprint density at radius 3 is 2.61 bits per heavy atom. The molecule has 2 aromatic heterocycles. The number of nitrogens with two attached hydrogens (primary N) is 1. The van der Waals surface area contributed by atoms with Crippen LogP contribution in [0.2, 0.25) is 0 Å². The molecule has 0 saturated heterocycles. The molecule has 96 valence electrons. The average molecular weight is 256 g/mol. The van der Waals surface area contributed by atoms with Crippen molar-refractivity contribution in [2.75, 3.05) is 5.73 Å². The van der Waals surface area contributed by atoms with Crippen molar-refractivity contribution in [1.29, 1.82) is 0 Å². The fourth-order valence-corrected chi connectivity index (χ4v) is 2.19. The summed E-state index contributed by atoms with van der Waals surface area (Å²) in [5.41, 5.74) is 6.14. The summed E-state index contributed by atoms with van der Waals surface area (Å²) in [6.07, 6.45) is -0.111. The molecule has 1 saturated carbocycles. The number of rotatable bonds is 1. The number of fused-ring (bicyclic) bond motifs is 1. The first-order chi connectivity index (χ1) is 8.47. The lowest BCUT2D eigenvalue weighted by Gasteiger charge is -2.26. The summed E-state index contributed by atoms with van der Waals surface area (Å²) in [6.45, 7) is 0. The van der Waals surface area contributed by atoms with E-state index in [0.29, 0.717) is 11.4 Å². The highest BCUT2D eigenvalue weighted by Gasteiger charge is 2.35. The second-order valence-corrected chi connectivity index (χ2v) is 4.52. The molecular formula is C11H11F3N4. The summed E-state index contributed by atoms with van der Waals surface area (Å²) in [6, 6.07) is 0.946. The molecule has 2 aromatic rings. The Hall–Kier alpha value is -1.79. The zero-order valence-electron chi connectivity index (χ0n) is 9.41. The third-order valence-corrected chi connectivity index (χ3v) is 3.33. The Labute approximate surface area is 101 Å². The van der Waals surface area contributed by atoms with Crippen molar-refractivity contribution < 1.29 is 13.2 Å². The molecule has 0 amide bonds. The van der Waals surface area contributed by atoms with E-state index < -0.39 is 11.9 Å². The summed E-state index contributed by atoms with van der Waals surface area (Å²) in [5, 5.41) is 3.60. The van der Waals surface area contributed by atoms with Gasteiger partial charge in [-0.15, -0.1) is 0 Å². The van der Waals surface area contributed by atoms with Crippen molar-refractivity contribution in [3.8, 4) is 0 Å². The van der Waals surface area contributed by atoms with Crippen molar-refractivity contribution in [1.82, 2.24) is 14.6 Å². The normalized spacial score (nSPS) is 17.1. The number of nitrogen functional groups attached to an aromatic ring is 1. The molecule has 2 N–H and O–H groups in total. The van der Waals surface area contributed by atoms with Crippen LogP contribution in [0.3, 0.4) is 0 Å². The minimum atomic E-state index is -4.46. The van der Waals surface area contributed by atoms with Gasteiger partial charge in [0.25, 0.3) is 0 Å². The Bertz CT molecular complexity index is 598. The smallest absolute Gasteiger partial charge is 0.396 e. The fourth-order valence-electron chi connectivity index (χ4n) is 2.19. The lowest BCUT2D eigenvalue weighted by Crippen LogP contribution is -2.17. The molecule has 1 aliphatic rings. The molecule has 2 heterocycles. The molecule has 1 aliphatic carbocycles. The largest absolute Gasteiger partial charge is 0.435 e. The molecular weight excluding hydrogens is 245 g/mol. The fraction of sp³-hybridized carbons (Fsp3) is 0.455. The minimum Gasteiger partial charge on any atom is -0.396 e. The van der Waals surface area contributed by atoms with Gasteiger partial charge in [-0.3, -0.25) is 0 Å². The number of halogens is 3. The first kappa shape index (κ1) is 11.3. The van der Waals surface area contributed by atoms with E-state index in [2.05, 4.69) is 10.1 Å². The van der Waals surface area contributed by atoms with Crippen molar-refractivity contribution in [3.63, 3.8) is 0 Å². The third kappa shape index (κ3) is 1.61. The van der Waals surface area contributed by atoms with Crippen LogP contribution < -0.4 is 5.73 Å². The Morgan fingerprint density at radius 2 is 2.06 bits per heavy atom. The van der Waals surface area contributed by atoms with Gasteiger partial charge >= 0.3 is 6.18 Å². The maximum absolute atomic E-state index is 12.6. The lowest BCUT2D eigenvalue weighted by atomic mass is 9.82. The van der Waals surface area contributed by atoms with E-state index in [1.165, 1.54) is 10.7 Å². The highest BCUT2D eigenvalue weighted by atomic mass is 19.4. The van der Waals surface area contributed by atoms with Crippen LogP contribution in [0.1, 0.15) is 36.6 Å². The van der Waals surface area contributed by atoms with E-state index in [0.717, 1.165) is 25.3 Å². The van der Waals surface area contributed by atoms with Crippen LogP contribution in [0.5, 0.6) is 0 Å². The van der Waals surface area contributed by atoms with E-state index in [1.54, 1.807) is 0 Å². The second-order valence-electron chi connectivity index (χ2n) is 4.52. The van der Waals surface area contributed by atoms with Gasteiger partial charge in [-0.2, -0.15) is 18.3 Å². The predicted octanol–water partition coefficient (Wildman–Crippen LogP) is 2.60. The highest BCUT2D eigenvalue weighted by molar-refractivity contribution is 5.52. The van der Waals surface area contributed by atoms with Gasteiger partial charge in [-0.25, -0.2) is 9.50 Å². The van der Waals surface area contributed by atoms with Crippen molar-refractivity contribution >= 4 is 11.3 Å². The molecule has 18 heavy (non-hydrogen) atoms. The van der Waals surface area contributed by atoms with E-state index in [1.807, 2.05) is 0 Å². The van der Waals surface area contributed by atoms with Crippen LogP contribution in [0, 0.1) is 0 Å². The first-order valence-electron chi connectivity index (χ1n) is 5.68. The Balaban J connectivity index is 2.20. The van der Waals surface area contributed by atoms with Crippen LogP contribution in [0.25, 0.3) is 5.65 Å². The van der Waals surface area contributed by atoms with E-state index in [4.69, 9.17) is 5.73 Å². The zero-order valence-corrected chi connectivity index (χ0v) is 9.41. The molecule has 3 rings (SSSR count). The third-order valence-electron chi connectivity index (χ3n) is 3.33. The summed E-state index contributed by atoms with van der Waals surface area (Å²) in [7, 11) is 0. The van der Waals surface area contributed by atoms with Gasteiger partial charge in [0, 0.05) is 12.0 Å². The predicted molar refractivity (Wildman–Crippen MR) is 59.0 cm³/mol. The van der Waals surface area contributed by atoms with Crippen LogP contribution in [0.15, 0.2) is 12.3 Å². The SMILES string of the molecule is Nc1cnc2cc(C(F)(F)F)nn2c1C1CCC1.